The first-order valence-electron chi connectivity index (χ1n) is 11.6. The van der Waals surface area contributed by atoms with Gasteiger partial charge < -0.3 is 0 Å². The van der Waals surface area contributed by atoms with Crippen LogP contribution < -0.4 is 5.32 Å². The quantitative estimate of drug-likeness (QED) is 0.239. The summed E-state index contributed by atoms with van der Waals surface area (Å²) < 4.78 is 0. The Balaban J connectivity index is 2.63. The number of nitrogens with zero attached hydrogens (tertiary/aromatic N) is 1. The number of nitrogens with one attached hydrogen (secondary N) is 1. The zero-order chi connectivity index (χ0) is 24.0. The van der Waals surface area contributed by atoms with Gasteiger partial charge in [0, 0.05) is 0 Å². The molecule has 0 heterocycles. The molecule has 0 atom stereocenters. The van der Waals surface area contributed by atoms with E-state index in [1.54, 1.807) is 0 Å². The van der Waals surface area contributed by atoms with Crippen molar-refractivity contribution in [2.24, 2.45) is 4.99 Å². The molecule has 1 N–H and O–H groups in total. The summed E-state index contributed by atoms with van der Waals surface area (Å²) >= 11 is 3.88. The van der Waals surface area contributed by atoms with Crippen molar-refractivity contribution in [1.29, 1.82) is 0 Å². The van der Waals surface area contributed by atoms with Gasteiger partial charge in [0.05, 0.1) is 0 Å². The Morgan fingerprint density at radius 2 is 1.19 bits per heavy atom. The predicted molar refractivity (Wildman–Crippen MR) is 148 cm³/mol. The van der Waals surface area contributed by atoms with E-state index >= 15 is 0 Å². The number of aliphatic imine (C=N–C) groups is 1. The van der Waals surface area contributed by atoms with Gasteiger partial charge >= 0.3 is 210 Å². The Labute approximate surface area is 209 Å². The van der Waals surface area contributed by atoms with Gasteiger partial charge in [-0.2, -0.15) is 0 Å². The third-order valence-corrected chi connectivity index (χ3v) is 7.46. The predicted octanol–water partition coefficient (Wildman–Crippen LogP) is 9.24. The van der Waals surface area contributed by atoms with Crippen molar-refractivity contribution in [3.63, 3.8) is 0 Å². The van der Waals surface area contributed by atoms with Crippen LogP contribution >= 0.6 is 14.1 Å². The Morgan fingerprint density at radius 3 is 1.56 bits per heavy atom. The van der Waals surface area contributed by atoms with E-state index in [0.29, 0.717) is 23.7 Å². The van der Waals surface area contributed by atoms with Gasteiger partial charge in [-0.25, -0.2) is 0 Å². The third kappa shape index (κ3) is 6.59. The third-order valence-electron chi connectivity index (χ3n) is 5.81. The fraction of sp³-hybridized carbons (Fsp3) is 0.464. The molecule has 4 heteroatoms. The first kappa shape index (κ1) is 26.9. The molecule has 0 saturated carbocycles. The van der Waals surface area contributed by atoms with E-state index in [1.165, 1.54) is 27.9 Å². The Kier molecular flexibility index (Phi) is 10.3. The Morgan fingerprint density at radius 1 is 0.781 bits per heavy atom. The second-order valence-corrected chi connectivity index (χ2v) is 12.5. The molecule has 0 aromatic heterocycles. The normalized spacial score (nSPS) is 13.1. The fourth-order valence-electron chi connectivity index (χ4n) is 3.95. The van der Waals surface area contributed by atoms with Crippen molar-refractivity contribution in [3.8, 4) is 0 Å². The van der Waals surface area contributed by atoms with Crippen LogP contribution in [0.3, 0.4) is 0 Å². The summed E-state index contributed by atoms with van der Waals surface area (Å²) in [6, 6.07) is 13.3. The molecule has 2 rings (SSSR count). The summed E-state index contributed by atoms with van der Waals surface area (Å²) in [6.45, 7) is 20.2. The van der Waals surface area contributed by atoms with Crippen LogP contribution in [0.2, 0.25) is 0 Å². The van der Waals surface area contributed by atoms with Crippen LogP contribution in [0.15, 0.2) is 52.1 Å². The van der Waals surface area contributed by atoms with Gasteiger partial charge in [-0.3, -0.25) is 0 Å². The second kappa shape index (κ2) is 12.2. The summed E-state index contributed by atoms with van der Waals surface area (Å²) in [7, 11) is 0. The Hall–Kier alpha value is -1.35. The molecule has 0 bridgehead atoms. The van der Waals surface area contributed by atoms with Crippen LogP contribution in [0.4, 0.5) is 11.4 Å². The molecule has 32 heavy (non-hydrogen) atoms. The molecule has 0 aliphatic rings. The minimum atomic E-state index is 0.204. The molecule has 0 aliphatic heterocycles. The number of hydrogen-bond acceptors (Lipinski definition) is 2. The number of hydrogen-bond donors (Lipinski definition) is 1. The van der Waals surface area contributed by atoms with Gasteiger partial charge in [-0.1, -0.05) is 0 Å². The van der Waals surface area contributed by atoms with Gasteiger partial charge in [-0.15, -0.1) is 0 Å². The van der Waals surface area contributed by atoms with Crippen molar-refractivity contribution in [3.05, 3.63) is 69.3 Å². The molecule has 2 aromatic rings. The molecule has 174 valence electrons. The van der Waals surface area contributed by atoms with Gasteiger partial charge in [0.1, 0.15) is 0 Å². The van der Waals surface area contributed by atoms with Crippen molar-refractivity contribution >= 4 is 44.3 Å². The fourth-order valence-corrected chi connectivity index (χ4v) is 5.59. The topological polar surface area (TPSA) is 24.4 Å². The standard InChI is InChI=1S/C28H39BrN2Se/c1-17(2)22-12-10-13-23(18(3)4)27(22)30-21(9)26(16-32-29)31-28-24(19(5)6)14-11-15-25(28)20(7)8/h10-20,31H,1-9H3/b26-16+,30-21?. The monoisotopic (exact) mass is 562 g/mol. The second-order valence-electron chi connectivity index (χ2n) is 9.66. The molecule has 0 spiro atoms. The number of para-hydroxylation sites is 2. The first-order chi connectivity index (χ1) is 15.1. The van der Waals surface area contributed by atoms with Crippen LogP contribution in [0.1, 0.15) is 108 Å². The average molecular weight is 562 g/mol. The summed E-state index contributed by atoms with van der Waals surface area (Å²) in [5.74, 6) is 1.74. The molecular weight excluding hydrogens is 523 g/mol. The van der Waals surface area contributed by atoms with Gasteiger partial charge in [0.25, 0.3) is 0 Å². The van der Waals surface area contributed by atoms with Crippen molar-refractivity contribution in [2.45, 2.75) is 86.0 Å². The first-order valence-corrected chi connectivity index (χ1v) is 16.6. The average Bonchev–Trinajstić information content (AvgIpc) is 2.72. The van der Waals surface area contributed by atoms with Crippen LogP contribution in [-0.2, 0) is 0 Å². The van der Waals surface area contributed by atoms with Gasteiger partial charge in [0.2, 0.25) is 0 Å². The van der Waals surface area contributed by atoms with E-state index in [2.05, 4.69) is 123 Å². The summed E-state index contributed by atoms with van der Waals surface area (Å²) in [5.41, 5.74) is 9.79. The van der Waals surface area contributed by atoms with E-state index in [9.17, 15) is 0 Å². The van der Waals surface area contributed by atoms with Crippen LogP contribution in [0, 0.1) is 0 Å². The molecule has 0 fully saturated rings. The number of anilines is 1. The van der Waals surface area contributed by atoms with Gasteiger partial charge in [-0.05, 0) is 0 Å². The maximum atomic E-state index is 5.24. The van der Waals surface area contributed by atoms with Crippen LogP contribution in [-0.4, -0.2) is 18.9 Å². The molecule has 2 aromatic carbocycles. The molecular formula is C28H39BrN2Se. The van der Waals surface area contributed by atoms with E-state index in [-0.39, 0.29) is 13.1 Å². The van der Waals surface area contributed by atoms with Crippen LogP contribution in [0.25, 0.3) is 0 Å². The summed E-state index contributed by atoms with van der Waals surface area (Å²) in [6.07, 6.45) is 0. The molecule has 0 aliphatic carbocycles. The Bertz CT molecular complexity index is 919. The van der Waals surface area contributed by atoms with E-state index in [0.717, 1.165) is 17.1 Å². The van der Waals surface area contributed by atoms with Gasteiger partial charge in [0.15, 0.2) is 0 Å². The van der Waals surface area contributed by atoms with E-state index < -0.39 is 0 Å². The van der Waals surface area contributed by atoms with E-state index in [4.69, 9.17) is 4.99 Å². The van der Waals surface area contributed by atoms with Crippen molar-refractivity contribution in [1.82, 2.24) is 0 Å². The zero-order valence-electron chi connectivity index (χ0n) is 21.1. The molecule has 0 radical (unpaired) electrons. The summed E-state index contributed by atoms with van der Waals surface area (Å²) in [5, 5.41) is 3.81. The van der Waals surface area contributed by atoms with Crippen LogP contribution in [0.5, 0.6) is 0 Å². The number of rotatable bonds is 9. The van der Waals surface area contributed by atoms with E-state index in [1.807, 2.05) is 0 Å². The molecule has 0 amide bonds. The maximum absolute atomic E-state index is 5.24. The molecule has 0 unspecified atom stereocenters. The minimum absolute atomic E-state index is 0.204. The molecule has 0 saturated heterocycles. The number of allylic oxidation sites excluding steroid dienone is 1. The molecule has 2 nitrogen and oxygen atoms in total. The number of benzene rings is 2. The SMILES string of the molecule is CC(=Nc1c(C(C)C)cccc1C(C)C)/C(=C\[Se]Br)Nc1c(C(C)C)cccc1C(C)C. The zero-order valence-corrected chi connectivity index (χ0v) is 24.4. The summed E-state index contributed by atoms with van der Waals surface area (Å²) in [4.78, 5) is 7.49. The van der Waals surface area contributed by atoms with Crippen molar-refractivity contribution in [2.75, 3.05) is 5.32 Å². The number of halogens is 1. The van der Waals surface area contributed by atoms with Crippen molar-refractivity contribution < 1.29 is 0 Å².